The number of tetrazole rings is 1. The van der Waals surface area contributed by atoms with Crippen LogP contribution >= 0.6 is 0 Å². The van der Waals surface area contributed by atoms with Gasteiger partial charge in [0, 0.05) is 17.3 Å². The smallest absolute Gasteiger partial charge is 0.255 e. The van der Waals surface area contributed by atoms with Crippen molar-refractivity contribution < 1.29 is 14.3 Å². The molecule has 0 atom stereocenters. The standard InChI is InChI=1S/C16H15N5O3/c1-23-13-5-3-4-11(8-13)16(22)18-12-6-7-14(15(9-12)24-2)21-10-17-19-20-21/h3-10H,1-2H3,(H,18,22). The van der Waals surface area contributed by atoms with Crippen LogP contribution in [0, 0.1) is 0 Å². The maximum atomic E-state index is 12.4. The molecule has 3 rings (SSSR count). The van der Waals surface area contributed by atoms with Gasteiger partial charge in [-0.1, -0.05) is 6.07 Å². The van der Waals surface area contributed by atoms with Crippen molar-refractivity contribution >= 4 is 11.6 Å². The van der Waals surface area contributed by atoms with Gasteiger partial charge in [-0.2, -0.15) is 4.68 Å². The van der Waals surface area contributed by atoms with E-state index in [1.165, 1.54) is 18.1 Å². The van der Waals surface area contributed by atoms with Crippen LogP contribution in [0.25, 0.3) is 5.69 Å². The van der Waals surface area contributed by atoms with Crippen LogP contribution < -0.4 is 14.8 Å². The number of ether oxygens (including phenoxy) is 2. The summed E-state index contributed by atoms with van der Waals surface area (Å²) in [5.41, 5.74) is 1.76. The van der Waals surface area contributed by atoms with Gasteiger partial charge in [0.25, 0.3) is 5.91 Å². The highest BCUT2D eigenvalue weighted by Crippen LogP contribution is 2.26. The van der Waals surface area contributed by atoms with E-state index in [0.29, 0.717) is 28.4 Å². The number of nitrogens with zero attached hydrogens (tertiary/aromatic N) is 4. The van der Waals surface area contributed by atoms with Crippen LogP contribution in [0.5, 0.6) is 11.5 Å². The Morgan fingerprint density at radius 2 is 2.00 bits per heavy atom. The van der Waals surface area contributed by atoms with Crippen molar-refractivity contribution in [2.75, 3.05) is 19.5 Å². The van der Waals surface area contributed by atoms with Gasteiger partial charge in [0.2, 0.25) is 0 Å². The van der Waals surface area contributed by atoms with Crippen molar-refractivity contribution in [3.63, 3.8) is 0 Å². The van der Waals surface area contributed by atoms with Gasteiger partial charge in [-0.3, -0.25) is 4.79 Å². The van der Waals surface area contributed by atoms with Crippen molar-refractivity contribution in [2.45, 2.75) is 0 Å². The summed E-state index contributed by atoms with van der Waals surface area (Å²) in [4.78, 5) is 12.4. The molecule has 0 aliphatic heterocycles. The molecular formula is C16H15N5O3. The second-order valence-corrected chi connectivity index (χ2v) is 4.83. The topological polar surface area (TPSA) is 91.2 Å². The van der Waals surface area contributed by atoms with Crippen molar-refractivity contribution in [1.29, 1.82) is 0 Å². The fourth-order valence-corrected chi connectivity index (χ4v) is 2.18. The normalized spacial score (nSPS) is 10.2. The molecule has 8 nitrogen and oxygen atoms in total. The summed E-state index contributed by atoms with van der Waals surface area (Å²) in [6.45, 7) is 0. The van der Waals surface area contributed by atoms with E-state index in [0.717, 1.165) is 0 Å². The van der Waals surface area contributed by atoms with Gasteiger partial charge >= 0.3 is 0 Å². The predicted molar refractivity (Wildman–Crippen MR) is 86.7 cm³/mol. The number of hydrogen-bond donors (Lipinski definition) is 1. The molecule has 0 saturated heterocycles. The molecule has 0 bridgehead atoms. The minimum absolute atomic E-state index is 0.244. The van der Waals surface area contributed by atoms with Crippen LogP contribution in [-0.4, -0.2) is 40.3 Å². The van der Waals surface area contributed by atoms with Gasteiger partial charge < -0.3 is 14.8 Å². The lowest BCUT2D eigenvalue weighted by atomic mass is 10.2. The molecule has 0 aliphatic carbocycles. The average Bonchev–Trinajstić information content (AvgIpc) is 3.16. The van der Waals surface area contributed by atoms with Crippen molar-refractivity contribution in [1.82, 2.24) is 20.2 Å². The zero-order valence-corrected chi connectivity index (χ0v) is 13.1. The highest BCUT2D eigenvalue weighted by atomic mass is 16.5. The largest absolute Gasteiger partial charge is 0.497 e. The second-order valence-electron chi connectivity index (χ2n) is 4.83. The fraction of sp³-hybridized carbons (Fsp3) is 0.125. The van der Waals surface area contributed by atoms with E-state index in [9.17, 15) is 4.79 Å². The molecular weight excluding hydrogens is 310 g/mol. The molecule has 1 N–H and O–H groups in total. The number of nitrogens with one attached hydrogen (secondary N) is 1. The second kappa shape index (κ2) is 6.78. The monoisotopic (exact) mass is 325 g/mol. The van der Waals surface area contributed by atoms with E-state index in [-0.39, 0.29) is 5.91 Å². The number of hydrogen-bond acceptors (Lipinski definition) is 6. The lowest BCUT2D eigenvalue weighted by Crippen LogP contribution is -2.12. The van der Waals surface area contributed by atoms with Gasteiger partial charge in [-0.05, 0) is 40.8 Å². The molecule has 122 valence electrons. The van der Waals surface area contributed by atoms with Gasteiger partial charge in [-0.15, -0.1) is 5.10 Å². The molecule has 0 fully saturated rings. The molecule has 8 heteroatoms. The molecule has 0 saturated carbocycles. The fourth-order valence-electron chi connectivity index (χ4n) is 2.18. The number of rotatable bonds is 5. The molecule has 1 heterocycles. The summed E-state index contributed by atoms with van der Waals surface area (Å²) >= 11 is 0. The lowest BCUT2D eigenvalue weighted by molar-refractivity contribution is 0.102. The van der Waals surface area contributed by atoms with Gasteiger partial charge in [0.1, 0.15) is 23.5 Å². The summed E-state index contributed by atoms with van der Waals surface area (Å²) < 4.78 is 12.0. The summed E-state index contributed by atoms with van der Waals surface area (Å²) in [5, 5.41) is 13.8. The quantitative estimate of drug-likeness (QED) is 0.771. The van der Waals surface area contributed by atoms with E-state index in [2.05, 4.69) is 20.8 Å². The summed E-state index contributed by atoms with van der Waals surface area (Å²) in [7, 11) is 3.09. The molecule has 0 unspecified atom stereocenters. The third kappa shape index (κ3) is 3.17. The molecule has 0 radical (unpaired) electrons. The van der Waals surface area contributed by atoms with Gasteiger partial charge in [-0.25, -0.2) is 0 Å². The Kier molecular flexibility index (Phi) is 4.37. The molecule has 24 heavy (non-hydrogen) atoms. The third-order valence-electron chi connectivity index (χ3n) is 3.37. The number of amides is 1. The number of anilines is 1. The number of aromatic nitrogens is 4. The van der Waals surface area contributed by atoms with E-state index in [4.69, 9.17) is 9.47 Å². The van der Waals surface area contributed by atoms with Gasteiger partial charge in [0.05, 0.1) is 14.2 Å². The molecule has 0 aliphatic rings. The summed E-state index contributed by atoms with van der Waals surface area (Å²) in [6.07, 6.45) is 1.46. The number of methoxy groups -OCH3 is 2. The van der Waals surface area contributed by atoms with Crippen molar-refractivity contribution in [2.24, 2.45) is 0 Å². The predicted octanol–water partition coefficient (Wildman–Crippen LogP) is 1.93. The maximum absolute atomic E-state index is 12.4. The lowest BCUT2D eigenvalue weighted by Gasteiger charge is -2.11. The third-order valence-corrected chi connectivity index (χ3v) is 3.37. The minimum Gasteiger partial charge on any atom is -0.497 e. The van der Waals surface area contributed by atoms with Crippen LogP contribution in [0.4, 0.5) is 5.69 Å². The van der Waals surface area contributed by atoms with Crippen molar-refractivity contribution in [3.05, 3.63) is 54.4 Å². The molecule has 1 amide bonds. The van der Waals surface area contributed by atoms with Crippen LogP contribution in [0.1, 0.15) is 10.4 Å². The first-order chi connectivity index (χ1) is 11.7. The first-order valence-corrected chi connectivity index (χ1v) is 7.08. The highest BCUT2D eigenvalue weighted by molar-refractivity contribution is 6.04. The van der Waals surface area contributed by atoms with Crippen molar-refractivity contribution in [3.8, 4) is 17.2 Å². The zero-order valence-electron chi connectivity index (χ0n) is 13.1. The molecule has 0 spiro atoms. The number of carbonyl (C=O) groups is 1. The molecule has 1 aromatic heterocycles. The first-order valence-electron chi connectivity index (χ1n) is 7.08. The van der Waals surface area contributed by atoms with Crippen LogP contribution in [-0.2, 0) is 0 Å². The van der Waals surface area contributed by atoms with E-state index >= 15 is 0 Å². The van der Waals surface area contributed by atoms with E-state index in [1.54, 1.807) is 49.6 Å². The van der Waals surface area contributed by atoms with Gasteiger partial charge in [0.15, 0.2) is 0 Å². The summed E-state index contributed by atoms with van der Waals surface area (Å²) in [5.74, 6) is 0.908. The Morgan fingerprint density at radius 3 is 2.71 bits per heavy atom. The minimum atomic E-state index is -0.244. The summed E-state index contributed by atoms with van der Waals surface area (Å²) in [6, 6.07) is 12.1. The Bertz CT molecular complexity index is 849. The highest BCUT2D eigenvalue weighted by Gasteiger charge is 2.11. The average molecular weight is 325 g/mol. The van der Waals surface area contributed by atoms with Crippen LogP contribution in [0.2, 0.25) is 0 Å². The van der Waals surface area contributed by atoms with Crippen LogP contribution in [0.3, 0.4) is 0 Å². The molecule has 3 aromatic rings. The number of carbonyl (C=O) groups excluding carboxylic acids is 1. The maximum Gasteiger partial charge on any atom is 0.255 e. The Labute approximate surface area is 138 Å². The first kappa shape index (κ1) is 15.5. The SMILES string of the molecule is COc1cccc(C(=O)Nc2ccc(-n3cnnn3)c(OC)c2)c1. The Hall–Kier alpha value is -3.42. The Morgan fingerprint density at radius 1 is 1.12 bits per heavy atom. The molecule has 2 aromatic carbocycles. The van der Waals surface area contributed by atoms with Crippen LogP contribution in [0.15, 0.2) is 48.8 Å². The van der Waals surface area contributed by atoms with E-state index in [1.807, 2.05) is 0 Å². The Balaban J connectivity index is 1.83. The number of benzene rings is 2. The van der Waals surface area contributed by atoms with E-state index < -0.39 is 0 Å². The zero-order chi connectivity index (χ0) is 16.9.